The molecule has 0 aromatic heterocycles. The third kappa shape index (κ3) is 55.2. The molecule has 47 valence electrons. The number of hydrogen-bond donors (Lipinski definition) is 0. The quantitative estimate of drug-likeness (QED) is 0.486. The zero-order valence-electron chi connectivity index (χ0n) is 1.49. The fraction of sp³-hybridized carbons (Fsp3) is 1.00. The monoisotopic (exact) mass is 459 g/mol. The molecule has 3 radical (unpaired) electrons. The fourth-order valence-electron chi connectivity index (χ4n) is 0. The molecular formula is C4H17SbWY. The Morgan fingerprint density at radius 1 is 0.571 bits per heavy atom. The molecule has 7 heavy (non-hydrogen) atoms. The van der Waals surface area contributed by atoms with Gasteiger partial charge in [-0.1, -0.05) is 29.7 Å². The topological polar surface area (TPSA) is 0 Å². The van der Waals surface area contributed by atoms with Crippen molar-refractivity contribution in [2.24, 2.45) is 0 Å². The second kappa shape index (κ2) is 73.2. The first-order chi connectivity index (χ1) is 0. The minimum Gasteiger partial charge on any atom is 0 e. The van der Waals surface area contributed by atoms with Crippen molar-refractivity contribution in [3.8, 4) is 0 Å². The molecule has 0 unspecified atom stereocenters. The van der Waals surface area contributed by atoms with Crippen molar-refractivity contribution < 1.29 is 53.8 Å². The molecule has 0 saturated heterocycles. The van der Waals surface area contributed by atoms with Crippen LogP contribution in [0.3, 0.4) is 0 Å². The van der Waals surface area contributed by atoms with Crippen LogP contribution in [-0.2, 0) is 53.8 Å². The van der Waals surface area contributed by atoms with Gasteiger partial charge in [-0.2, -0.15) is 0 Å². The number of rotatable bonds is 0. The average Bonchev–Trinajstić information content (AvgIpc) is 0. The molecule has 0 heterocycles. The second-order valence-electron chi connectivity index (χ2n) is 0. The summed E-state index contributed by atoms with van der Waals surface area (Å²) in [6.45, 7) is 0. The molecular weight excluding hydrogens is 443 g/mol. The van der Waals surface area contributed by atoms with Gasteiger partial charge in [0, 0.05) is 53.8 Å². The average molecular weight is 460 g/mol. The first-order valence-corrected chi connectivity index (χ1v) is 0. The van der Waals surface area contributed by atoms with Crippen LogP contribution in [0.25, 0.3) is 0 Å². The van der Waals surface area contributed by atoms with Crippen LogP contribution in [0.1, 0.15) is 29.7 Å². The van der Waals surface area contributed by atoms with Crippen molar-refractivity contribution in [3.63, 3.8) is 0 Å². The van der Waals surface area contributed by atoms with Crippen molar-refractivity contribution in [3.05, 3.63) is 0 Å². The van der Waals surface area contributed by atoms with Crippen LogP contribution in [-0.4, -0.2) is 24.4 Å². The van der Waals surface area contributed by atoms with Gasteiger partial charge in [-0.3, -0.25) is 0 Å². The normalized spacial score (nSPS) is 0. The van der Waals surface area contributed by atoms with Crippen LogP contribution >= 0.6 is 0 Å². The van der Waals surface area contributed by atoms with Gasteiger partial charge < -0.3 is 0 Å². The summed E-state index contributed by atoms with van der Waals surface area (Å²) in [7, 11) is 0. The number of hydrogen-bond acceptors (Lipinski definition) is 0. The summed E-state index contributed by atoms with van der Waals surface area (Å²) in [6.07, 6.45) is 0. The maximum absolute atomic E-state index is 0. The molecule has 0 aromatic carbocycles. The summed E-state index contributed by atoms with van der Waals surface area (Å²) in [5.74, 6) is 0. The van der Waals surface area contributed by atoms with E-state index in [2.05, 4.69) is 0 Å². The van der Waals surface area contributed by atoms with E-state index in [0.717, 1.165) is 0 Å². The zero-order chi connectivity index (χ0) is 0. The molecule has 0 nitrogen and oxygen atoms in total. The van der Waals surface area contributed by atoms with Crippen LogP contribution in [0.2, 0.25) is 0 Å². The first kappa shape index (κ1) is 105. The Bertz CT molecular complexity index is 11.7. The second-order valence-corrected chi connectivity index (χ2v) is 0. The Hall–Kier alpha value is 2.61. The Kier molecular flexibility index (Phi) is 1090. The van der Waals surface area contributed by atoms with Gasteiger partial charge in [-0.15, -0.1) is 0 Å². The third-order valence-corrected chi connectivity index (χ3v) is 0. The Morgan fingerprint density at radius 2 is 0.571 bits per heavy atom. The van der Waals surface area contributed by atoms with E-state index in [4.69, 9.17) is 0 Å². The molecule has 0 amide bonds. The summed E-state index contributed by atoms with van der Waals surface area (Å²) >= 11 is 0. The Morgan fingerprint density at radius 3 is 0.571 bits per heavy atom. The van der Waals surface area contributed by atoms with Gasteiger partial charge in [-0.05, 0) is 0 Å². The zero-order valence-corrected chi connectivity index (χ0v) is 10.1. The predicted molar refractivity (Wildman–Crippen MR) is 34.1 cm³/mol. The Balaban J connectivity index is 0. The molecule has 0 bridgehead atoms. The molecule has 0 aliphatic heterocycles. The van der Waals surface area contributed by atoms with Gasteiger partial charge >= 0.3 is 24.4 Å². The summed E-state index contributed by atoms with van der Waals surface area (Å²) in [6, 6.07) is 0. The van der Waals surface area contributed by atoms with E-state index in [1.165, 1.54) is 0 Å². The minimum atomic E-state index is 0. The van der Waals surface area contributed by atoms with Crippen molar-refractivity contribution in [2.75, 3.05) is 0 Å². The van der Waals surface area contributed by atoms with Gasteiger partial charge in [-0.25, -0.2) is 0 Å². The standard InChI is InChI=1S/4CH4.Sb.W.Y.H/h4*1H4;;;;. The molecule has 0 aromatic rings. The van der Waals surface area contributed by atoms with Crippen LogP contribution < -0.4 is 0 Å². The van der Waals surface area contributed by atoms with E-state index in [0.29, 0.717) is 0 Å². The summed E-state index contributed by atoms with van der Waals surface area (Å²) in [5.41, 5.74) is 0. The summed E-state index contributed by atoms with van der Waals surface area (Å²) in [5, 5.41) is 0. The molecule has 0 fully saturated rings. The summed E-state index contributed by atoms with van der Waals surface area (Å²) in [4.78, 5) is 0. The van der Waals surface area contributed by atoms with Crippen molar-refractivity contribution in [1.29, 1.82) is 0 Å². The van der Waals surface area contributed by atoms with Crippen LogP contribution in [0, 0.1) is 0 Å². The molecule has 0 N–H and O–H groups in total. The van der Waals surface area contributed by atoms with Crippen molar-refractivity contribution in [2.45, 2.75) is 29.7 Å². The van der Waals surface area contributed by atoms with Crippen molar-refractivity contribution >= 4 is 24.4 Å². The summed E-state index contributed by atoms with van der Waals surface area (Å²) < 4.78 is 0. The van der Waals surface area contributed by atoms with E-state index in [1.54, 1.807) is 0 Å². The van der Waals surface area contributed by atoms with Gasteiger partial charge in [0.25, 0.3) is 0 Å². The van der Waals surface area contributed by atoms with E-state index in [1.807, 2.05) is 0 Å². The molecule has 0 aliphatic carbocycles. The fourth-order valence-corrected chi connectivity index (χ4v) is 0. The molecule has 0 spiro atoms. The van der Waals surface area contributed by atoms with E-state index in [-0.39, 0.29) is 108 Å². The SMILES string of the molecule is C.C.C.C.[SbH].[W].[Y]. The van der Waals surface area contributed by atoms with Crippen LogP contribution in [0.5, 0.6) is 0 Å². The molecule has 0 aliphatic rings. The minimum absolute atomic E-state index is 0. The van der Waals surface area contributed by atoms with Gasteiger partial charge in [0.15, 0.2) is 0 Å². The maximum atomic E-state index is 0. The molecule has 3 heteroatoms. The van der Waals surface area contributed by atoms with Crippen LogP contribution in [0.15, 0.2) is 0 Å². The van der Waals surface area contributed by atoms with E-state index < -0.39 is 0 Å². The van der Waals surface area contributed by atoms with Gasteiger partial charge in [0.2, 0.25) is 0 Å². The maximum Gasteiger partial charge on any atom is 0 e. The third-order valence-electron chi connectivity index (χ3n) is 0. The Labute approximate surface area is 106 Å². The van der Waals surface area contributed by atoms with E-state index >= 15 is 0 Å². The van der Waals surface area contributed by atoms with Gasteiger partial charge in [0.1, 0.15) is 0 Å². The van der Waals surface area contributed by atoms with Crippen molar-refractivity contribution in [1.82, 2.24) is 0 Å². The van der Waals surface area contributed by atoms with E-state index in [9.17, 15) is 0 Å². The first-order valence-electron chi connectivity index (χ1n) is 0. The predicted octanol–water partition coefficient (Wildman–Crippen LogP) is 1.89. The molecule has 0 atom stereocenters. The van der Waals surface area contributed by atoms with Gasteiger partial charge in [0.05, 0.1) is 0 Å². The van der Waals surface area contributed by atoms with Crippen LogP contribution in [0.4, 0.5) is 0 Å². The largest absolute Gasteiger partial charge is 0 e. The molecule has 0 rings (SSSR count). The molecule has 0 saturated carbocycles. The smallest absolute Gasteiger partial charge is 0 e.